The molecule has 0 aliphatic heterocycles. The summed E-state index contributed by atoms with van der Waals surface area (Å²) in [6.07, 6.45) is 6.52. The van der Waals surface area contributed by atoms with E-state index < -0.39 is 0 Å². The summed E-state index contributed by atoms with van der Waals surface area (Å²) in [6.45, 7) is 0. The van der Waals surface area contributed by atoms with Crippen LogP contribution in [0.3, 0.4) is 0 Å². The fourth-order valence-electron chi connectivity index (χ4n) is 3.39. The maximum Gasteiger partial charge on any atom is 0.197 e. The van der Waals surface area contributed by atoms with E-state index in [0.29, 0.717) is 11.3 Å². The largest absolute Gasteiger partial charge is 0.260 e. The molecule has 1 aromatic carbocycles. The fraction of sp³-hybridized carbons (Fsp3) is 0.278. The van der Waals surface area contributed by atoms with Gasteiger partial charge >= 0.3 is 0 Å². The minimum absolute atomic E-state index is 0.184. The van der Waals surface area contributed by atoms with Crippen LogP contribution in [0.5, 0.6) is 0 Å². The number of fused-ring (bicyclic) bond motifs is 5. The molecule has 25 heavy (non-hydrogen) atoms. The molecule has 0 atom stereocenters. The molecule has 4 nitrogen and oxygen atoms in total. The van der Waals surface area contributed by atoms with Crippen molar-refractivity contribution in [2.24, 2.45) is 0 Å². The minimum Gasteiger partial charge on any atom is -0.260 e. The Kier molecular flexibility index (Phi) is 3.71. The summed E-state index contributed by atoms with van der Waals surface area (Å²) in [5.41, 5.74) is 2.95. The summed E-state index contributed by atoms with van der Waals surface area (Å²) in [4.78, 5) is 7.14. The Hall–Kier alpha value is -1.99. The highest BCUT2D eigenvalue weighted by molar-refractivity contribution is 7.98. The second-order valence-electron chi connectivity index (χ2n) is 6.19. The predicted octanol–water partition coefficient (Wildman–Crippen LogP) is 4.65. The molecule has 3 heterocycles. The van der Waals surface area contributed by atoms with Crippen molar-refractivity contribution in [3.05, 3.63) is 52.4 Å². The molecule has 0 saturated heterocycles. The molecule has 0 spiro atoms. The van der Waals surface area contributed by atoms with Gasteiger partial charge in [-0.25, -0.2) is 9.37 Å². The number of nitrogens with zero attached hydrogens (tertiary/aromatic N) is 4. The van der Waals surface area contributed by atoms with Crippen LogP contribution in [0.4, 0.5) is 4.39 Å². The Labute approximate surface area is 152 Å². The lowest BCUT2D eigenvalue weighted by Crippen LogP contribution is -1.99. The number of hydrogen-bond acceptors (Lipinski definition) is 5. The topological polar surface area (TPSA) is 43.1 Å². The Balaban J connectivity index is 1.56. The molecule has 7 heteroatoms. The van der Waals surface area contributed by atoms with Crippen molar-refractivity contribution in [3.63, 3.8) is 0 Å². The zero-order chi connectivity index (χ0) is 16.8. The van der Waals surface area contributed by atoms with Gasteiger partial charge in [0.1, 0.15) is 17.0 Å². The average Bonchev–Trinajstić information content (AvgIpc) is 3.21. The van der Waals surface area contributed by atoms with Crippen molar-refractivity contribution in [2.45, 2.75) is 36.6 Å². The van der Waals surface area contributed by atoms with Gasteiger partial charge in [-0.3, -0.25) is 4.40 Å². The highest BCUT2D eigenvalue weighted by Gasteiger charge is 2.21. The van der Waals surface area contributed by atoms with E-state index in [1.54, 1.807) is 29.8 Å². The smallest absolute Gasteiger partial charge is 0.197 e. The Morgan fingerprint density at radius 3 is 2.96 bits per heavy atom. The van der Waals surface area contributed by atoms with Gasteiger partial charge in [-0.15, -0.1) is 21.5 Å². The van der Waals surface area contributed by atoms with E-state index in [2.05, 4.69) is 15.2 Å². The maximum absolute atomic E-state index is 13.8. The molecule has 0 amide bonds. The van der Waals surface area contributed by atoms with Gasteiger partial charge in [-0.1, -0.05) is 30.0 Å². The van der Waals surface area contributed by atoms with Crippen LogP contribution < -0.4 is 0 Å². The third-order valence-corrected chi connectivity index (χ3v) is 6.84. The molecule has 0 N–H and O–H groups in total. The zero-order valence-corrected chi connectivity index (χ0v) is 15.0. The van der Waals surface area contributed by atoms with E-state index in [4.69, 9.17) is 0 Å². The molecule has 4 aromatic rings. The van der Waals surface area contributed by atoms with Gasteiger partial charge in [0.2, 0.25) is 0 Å². The first-order valence-electron chi connectivity index (χ1n) is 8.31. The first-order valence-corrected chi connectivity index (χ1v) is 10.1. The van der Waals surface area contributed by atoms with Gasteiger partial charge in [0, 0.05) is 10.6 Å². The molecule has 0 fully saturated rings. The Morgan fingerprint density at radius 2 is 2.04 bits per heavy atom. The average molecular weight is 370 g/mol. The first kappa shape index (κ1) is 15.3. The fourth-order valence-corrected chi connectivity index (χ4v) is 5.50. The predicted molar refractivity (Wildman–Crippen MR) is 98.8 cm³/mol. The molecule has 1 aliphatic rings. The number of aromatic nitrogens is 4. The van der Waals surface area contributed by atoms with Crippen LogP contribution in [0.1, 0.15) is 28.8 Å². The molecule has 0 unspecified atom stereocenters. The number of rotatable bonds is 3. The summed E-state index contributed by atoms with van der Waals surface area (Å²) >= 11 is 3.27. The van der Waals surface area contributed by atoms with Crippen molar-refractivity contribution in [2.75, 3.05) is 0 Å². The van der Waals surface area contributed by atoms with Crippen molar-refractivity contribution < 1.29 is 4.39 Å². The zero-order valence-electron chi connectivity index (χ0n) is 13.4. The van der Waals surface area contributed by atoms with Gasteiger partial charge in [0.25, 0.3) is 0 Å². The quantitative estimate of drug-likeness (QED) is 0.492. The first-order chi connectivity index (χ1) is 12.3. The van der Waals surface area contributed by atoms with Crippen molar-refractivity contribution in [1.29, 1.82) is 0 Å². The lowest BCUT2D eigenvalue weighted by atomic mass is 9.97. The third-order valence-electron chi connectivity index (χ3n) is 4.65. The van der Waals surface area contributed by atoms with E-state index in [-0.39, 0.29) is 5.82 Å². The van der Waals surface area contributed by atoms with E-state index >= 15 is 0 Å². The molecule has 5 rings (SSSR count). The van der Waals surface area contributed by atoms with E-state index in [1.807, 2.05) is 10.5 Å². The highest BCUT2D eigenvalue weighted by Crippen LogP contribution is 2.37. The van der Waals surface area contributed by atoms with Crippen LogP contribution in [0.15, 0.2) is 35.7 Å². The Morgan fingerprint density at radius 1 is 1.16 bits per heavy atom. The standard InChI is InChI=1S/C18H15FN4S2/c19-13-7-3-1-5-11(13)9-24-18-22-21-16-15-12-6-2-4-8-14(12)25-17(15)20-10-23(16)18/h1,3,5,7,10H,2,4,6,8-9H2. The number of thioether (sulfide) groups is 1. The maximum atomic E-state index is 13.8. The number of aryl methyl sites for hydroxylation is 2. The van der Waals surface area contributed by atoms with Crippen molar-refractivity contribution >= 4 is 39.0 Å². The molecule has 0 saturated carbocycles. The van der Waals surface area contributed by atoms with E-state index in [1.165, 1.54) is 41.1 Å². The van der Waals surface area contributed by atoms with Gasteiger partial charge in [0.15, 0.2) is 10.8 Å². The number of hydrogen-bond donors (Lipinski definition) is 0. The second kappa shape index (κ2) is 6.07. The molecule has 126 valence electrons. The summed E-state index contributed by atoms with van der Waals surface area (Å²) < 4.78 is 15.8. The summed E-state index contributed by atoms with van der Waals surface area (Å²) in [5, 5.41) is 10.7. The third kappa shape index (κ3) is 2.53. The van der Waals surface area contributed by atoms with Crippen LogP contribution in [0, 0.1) is 5.82 Å². The summed E-state index contributed by atoms with van der Waals surface area (Å²) in [6, 6.07) is 6.85. The normalized spacial score (nSPS) is 14.3. The minimum atomic E-state index is -0.184. The van der Waals surface area contributed by atoms with Crippen LogP contribution in [-0.4, -0.2) is 19.6 Å². The van der Waals surface area contributed by atoms with Crippen molar-refractivity contribution in [3.8, 4) is 0 Å². The molecular formula is C18H15FN4S2. The summed E-state index contributed by atoms with van der Waals surface area (Å²) in [5.74, 6) is 0.337. The number of benzene rings is 1. The number of halogens is 1. The molecule has 0 bridgehead atoms. The van der Waals surface area contributed by atoms with Crippen LogP contribution in [0.2, 0.25) is 0 Å². The van der Waals surface area contributed by atoms with Crippen molar-refractivity contribution in [1.82, 2.24) is 19.6 Å². The lowest BCUT2D eigenvalue weighted by Gasteiger charge is -2.10. The van der Waals surface area contributed by atoms with Gasteiger partial charge in [-0.05, 0) is 42.9 Å². The van der Waals surface area contributed by atoms with Crippen LogP contribution >= 0.6 is 23.1 Å². The lowest BCUT2D eigenvalue weighted by molar-refractivity contribution is 0.617. The Bertz CT molecular complexity index is 1090. The van der Waals surface area contributed by atoms with Crippen LogP contribution in [-0.2, 0) is 18.6 Å². The monoisotopic (exact) mass is 370 g/mol. The molecule has 0 radical (unpaired) electrons. The molecular weight excluding hydrogens is 355 g/mol. The van der Waals surface area contributed by atoms with E-state index in [9.17, 15) is 4.39 Å². The molecule has 1 aliphatic carbocycles. The van der Waals surface area contributed by atoms with Gasteiger partial charge in [0.05, 0.1) is 5.39 Å². The van der Waals surface area contributed by atoms with Gasteiger partial charge < -0.3 is 0 Å². The SMILES string of the molecule is Fc1ccccc1CSc1nnc2c3c4c(sc3ncn12)CCCC4. The number of thiophene rings is 1. The highest BCUT2D eigenvalue weighted by atomic mass is 32.2. The summed E-state index contributed by atoms with van der Waals surface area (Å²) in [7, 11) is 0. The van der Waals surface area contributed by atoms with Gasteiger partial charge in [-0.2, -0.15) is 0 Å². The van der Waals surface area contributed by atoms with Crippen LogP contribution in [0.25, 0.3) is 15.9 Å². The van der Waals surface area contributed by atoms with E-state index in [0.717, 1.165) is 33.9 Å². The second-order valence-corrected chi connectivity index (χ2v) is 8.22. The molecule has 3 aromatic heterocycles.